The first-order valence-electron chi connectivity index (χ1n) is 8.96. The van der Waals surface area contributed by atoms with Crippen molar-refractivity contribution >= 4 is 5.91 Å². The first-order valence-corrected chi connectivity index (χ1v) is 8.96. The summed E-state index contributed by atoms with van der Waals surface area (Å²) in [4.78, 5) is 17.4. The molecule has 2 aliphatic rings. The lowest BCUT2D eigenvalue weighted by Crippen LogP contribution is -2.59. The number of amides is 1. The van der Waals surface area contributed by atoms with Crippen LogP contribution in [0.3, 0.4) is 0 Å². The molecule has 0 unspecified atom stereocenters. The predicted molar refractivity (Wildman–Crippen MR) is 94.9 cm³/mol. The van der Waals surface area contributed by atoms with Gasteiger partial charge in [-0.1, -0.05) is 29.8 Å². The Bertz CT molecular complexity index is 561. The van der Waals surface area contributed by atoms with E-state index in [1.807, 2.05) is 4.90 Å². The third kappa shape index (κ3) is 3.79. The zero-order chi connectivity index (χ0) is 17.0. The minimum absolute atomic E-state index is 0.182. The Balaban J connectivity index is 1.55. The molecule has 0 bridgehead atoms. The minimum atomic E-state index is -0.607. The number of methoxy groups -OCH3 is 1. The molecule has 0 aromatic heterocycles. The lowest BCUT2D eigenvalue weighted by atomic mass is 9.90. The fourth-order valence-electron chi connectivity index (χ4n) is 3.80. The fourth-order valence-corrected chi connectivity index (χ4v) is 3.80. The maximum atomic E-state index is 13.0. The first kappa shape index (κ1) is 17.4. The van der Waals surface area contributed by atoms with Gasteiger partial charge in [0.15, 0.2) is 0 Å². The number of nitrogens with one attached hydrogen (secondary N) is 1. The zero-order valence-corrected chi connectivity index (χ0v) is 14.9. The number of piperidine rings is 1. The molecule has 2 saturated heterocycles. The van der Waals surface area contributed by atoms with Crippen LogP contribution < -0.4 is 5.32 Å². The largest absolute Gasteiger partial charge is 0.368 e. The molecule has 2 heterocycles. The number of carbonyl (C=O) groups excluding carboxylic acids is 1. The van der Waals surface area contributed by atoms with Gasteiger partial charge in [0.25, 0.3) is 5.91 Å². The number of rotatable bonds is 4. The highest BCUT2D eigenvalue weighted by atomic mass is 16.5. The summed E-state index contributed by atoms with van der Waals surface area (Å²) in [6.07, 6.45) is 1.54. The van der Waals surface area contributed by atoms with E-state index in [9.17, 15) is 4.79 Å². The van der Waals surface area contributed by atoms with Gasteiger partial charge in [-0.3, -0.25) is 9.69 Å². The topological polar surface area (TPSA) is 44.8 Å². The van der Waals surface area contributed by atoms with Gasteiger partial charge < -0.3 is 15.0 Å². The van der Waals surface area contributed by atoms with Crippen molar-refractivity contribution in [2.45, 2.75) is 31.9 Å². The van der Waals surface area contributed by atoms with Gasteiger partial charge in [-0.2, -0.15) is 0 Å². The number of ether oxygens (including phenoxy) is 1. The molecule has 132 valence electrons. The van der Waals surface area contributed by atoms with Crippen LogP contribution in [0.4, 0.5) is 0 Å². The number of carbonyl (C=O) groups is 1. The monoisotopic (exact) mass is 331 g/mol. The van der Waals surface area contributed by atoms with Gasteiger partial charge in [-0.15, -0.1) is 0 Å². The van der Waals surface area contributed by atoms with E-state index in [-0.39, 0.29) is 5.91 Å². The molecule has 1 aromatic carbocycles. The molecule has 3 rings (SSSR count). The summed E-state index contributed by atoms with van der Waals surface area (Å²) in [6.45, 7) is 8.24. The number of hydrogen-bond donors (Lipinski definition) is 1. The van der Waals surface area contributed by atoms with Crippen molar-refractivity contribution in [3.63, 3.8) is 0 Å². The van der Waals surface area contributed by atoms with Crippen LogP contribution in [0.25, 0.3) is 0 Å². The Morgan fingerprint density at radius 2 is 1.92 bits per heavy atom. The summed E-state index contributed by atoms with van der Waals surface area (Å²) in [5, 5.41) is 3.31. The molecule has 5 nitrogen and oxygen atoms in total. The lowest BCUT2D eigenvalue weighted by molar-refractivity contribution is -0.160. The Hall–Kier alpha value is -1.43. The third-order valence-corrected chi connectivity index (χ3v) is 5.34. The second-order valence-electron chi connectivity index (χ2n) is 7.01. The normalized spacial score (nSPS) is 21.7. The van der Waals surface area contributed by atoms with Gasteiger partial charge in [0.2, 0.25) is 0 Å². The van der Waals surface area contributed by atoms with Crippen molar-refractivity contribution < 1.29 is 9.53 Å². The van der Waals surface area contributed by atoms with Gasteiger partial charge in [0.1, 0.15) is 5.60 Å². The minimum Gasteiger partial charge on any atom is -0.368 e. The van der Waals surface area contributed by atoms with Crippen molar-refractivity contribution in [3.8, 4) is 0 Å². The second kappa shape index (κ2) is 7.64. The molecular weight excluding hydrogens is 302 g/mol. The lowest BCUT2D eigenvalue weighted by Gasteiger charge is -2.42. The van der Waals surface area contributed by atoms with Crippen molar-refractivity contribution in [1.29, 1.82) is 0 Å². The van der Waals surface area contributed by atoms with Crippen molar-refractivity contribution in [2.75, 3.05) is 46.4 Å². The molecule has 0 saturated carbocycles. The third-order valence-electron chi connectivity index (χ3n) is 5.34. The highest BCUT2D eigenvalue weighted by Crippen LogP contribution is 2.26. The summed E-state index contributed by atoms with van der Waals surface area (Å²) < 4.78 is 5.68. The molecular formula is C19H29N3O2. The van der Waals surface area contributed by atoms with E-state index in [0.29, 0.717) is 0 Å². The quantitative estimate of drug-likeness (QED) is 0.906. The zero-order valence-electron chi connectivity index (χ0n) is 14.9. The van der Waals surface area contributed by atoms with E-state index in [4.69, 9.17) is 4.74 Å². The number of hydrogen-bond acceptors (Lipinski definition) is 4. The van der Waals surface area contributed by atoms with Crippen LogP contribution in [0.1, 0.15) is 24.0 Å². The van der Waals surface area contributed by atoms with E-state index in [2.05, 4.69) is 41.4 Å². The van der Waals surface area contributed by atoms with Gasteiger partial charge >= 0.3 is 0 Å². The highest BCUT2D eigenvalue weighted by molar-refractivity contribution is 5.85. The highest BCUT2D eigenvalue weighted by Gasteiger charge is 2.42. The summed E-state index contributed by atoms with van der Waals surface area (Å²) in [5.41, 5.74) is 2.04. The number of piperazine rings is 1. The summed E-state index contributed by atoms with van der Waals surface area (Å²) >= 11 is 0. The van der Waals surface area contributed by atoms with Crippen LogP contribution in [0.2, 0.25) is 0 Å². The van der Waals surface area contributed by atoms with E-state index in [0.717, 1.165) is 58.7 Å². The molecule has 2 aliphatic heterocycles. The van der Waals surface area contributed by atoms with Crippen LogP contribution in [0.5, 0.6) is 0 Å². The number of nitrogens with zero attached hydrogens (tertiary/aromatic N) is 2. The van der Waals surface area contributed by atoms with Gasteiger partial charge in [-0.25, -0.2) is 0 Å². The molecule has 0 spiro atoms. The first-order chi connectivity index (χ1) is 11.6. The van der Waals surface area contributed by atoms with Crippen LogP contribution >= 0.6 is 0 Å². The van der Waals surface area contributed by atoms with E-state index >= 15 is 0 Å². The van der Waals surface area contributed by atoms with Crippen molar-refractivity contribution in [1.82, 2.24) is 15.1 Å². The molecule has 1 aromatic rings. The molecule has 0 atom stereocenters. The average Bonchev–Trinajstić information content (AvgIpc) is 2.62. The summed E-state index contributed by atoms with van der Waals surface area (Å²) in [7, 11) is 1.68. The second-order valence-corrected chi connectivity index (χ2v) is 7.01. The summed E-state index contributed by atoms with van der Waals surface area (Å²) in [6, 6.07) is 8.67. The fraction of sp³-hybridized carbons (Fsp3) is 0.632. The SMILES string of the molecule is COC1(C(=O)N2CCN(Cc3cccc(C)c3)CC2)CCNCC1. The van der Waals surface area contributed by atoms with Crippen LogP contribution in [0, 0.1) is 6.92 Å². The molecule has 1 amide bonds. The maximum absolute atomic E-state index is 13.0. The predicted octanol–water partition coefficient (Wildman–Crippen LogP) is 1.41. The number of benzene rings is 1. The molecule has 1 N–H and O–H groups in total. The maximum Gasteiger partial charge on any atom is 0.254 e. The van der Waals surface area contributed by atoms with E-state index in [1.54, 1.807) is 7.11 Å². The Labute approximate surface area is 145 Å². The molecule has 2 fully saturated rings. The Morgan fingerprint density at radius 1 is 1.21 bits per heavy atom. The van der Waals surface area contributed by atoms with E-state index in [1.165, 1.54) is 11.1 Å². The molecule has 24 heavy (non-hydrogen) atoms. The average molecular weight is 331 g/mol. The van der Waals surface area contributed by atoms with Gasteiger partial charge in [0, 0.05) is 39.8 Å². The smallest absolute Gasteiger partial charge is 0.254 e. The molecule has 0 aliphatic carbocycles. The Morgan fingerprint density at radius 3 is 2.54 bits per heavy atom. The van der Waals surface area contributed by atoms with Crippen molar-refractivity contribution in [2.24, 2.45) is 0 Å². The number of aryl methyl sites for hydroxylation is 1. The van der Waals surface area contributed by atoms with Crippen LogP contribution in [0.15, 0.2) is 24.3 Å². The molecule has 0 radical (unpaired) electrons. The van der Waals surface area contributed by atoms with Gasteiger partial charge in [0.05, 0.1) is 0 Å². The van der Waals surface area contributed by atoms with Crippen LogP contribution in [-0.4, -0.2) is 67.7 Å². The molecule has 5 heteroatoms. The van der Waals surface area contributed by atoms with Crippen molar-refractivity contribution in [3.05, 3.63) is 35.4 Å². The Kier molecular flexibility index (Phi) is 5.54. The van der Waals surface area contributed by atoms with Gasteiger partial charge in [-0.05, 0) is 38.4 Å². The van der Waals surface area contributed by atoms with Crippen LogP contribution in [-0.2, 0) is 16.1 Å². The summed E-state index contributed by atoms with van der Waals surface area (Å²) in [5.74, 6) is 0.182. The van der Waals surface area contributed by atoms with E-state index < -0.39 is 5.60 Å². The standard InChI is InChI=1S/C19H29N3O2/c1-16-4-3-5-17(14-16)15-21-10-12-22(13-11-21)18(23)19(24-2)6-8-20-9-7-19/h3-5,14,20H,6-13,15H2,1-2H3.